The molecule has 0 spiro atoms. The number of pyridine rings is 1. The van der Waals surface area contributed by atoms with Gasteiger partial charge in [0.05, 0.1) is 19.2 Å². The van der Waals surface area contributed by atoms with Gasteiger partial charge in [0.2, 0.25) is 0 Å². The van der Waals surface area contributed by atoms with Gasteiger partial charge >= 0.3 is 5.97 Å². The van der Waals surface area contributed by atoms with E-state index >= 15 is 0 Å². The van der Waals surface area contributed by atoms with Crippen LogP contribution in [-0.2, 0) is 4.74 Å². The summed E-state index contributed by atoms with van der Waals surface area (Å²) in [5, 5.41) is 0.453. The molecule has 1 amide bonds. The van der Waals surface area contributed by atoms with Crippen LogP contribution in [0.5, 0.6) is 5.75 Å². The van der Waals surface area contributed by atoms with E-state index in [0.29, 0.717) is 35.0 Å². The highest BCUT2D eigenvalue weighted by molar-refractivity contribution is 6.31. The highest BCUT2D eigenvalue weighted by Crippen LogP contribution is 2.26. The number of esters is 1. The van der Waals surface area contributed by atoms with Crippen LogP contribution in [0.4, 0.5) is 0 Å². The summed E-state index contributed by atoms with van der Waals surface area (Å²) >= 11 is 6.08. The number of halogens is 1. The van der Waals surface area contributed by atoms with Crippen LogP contribution in [-0.4, -0.2) is 48.1 Å². The van der Waals surface area contributed by atoms with Crippen molar-refractivity contribution in [1.29, 1.82) is 0 Å². The zero-order valence-corrected chi connectivity index (χ0v) is 15.1. The van der Waals surface area contributed by atoms with Gasteiger partial charge < -0.3 is 14.4 Å². The van der Waals surface area contributed by atoms with Gasteiger partial charge in [-0.05, 0) is 37.1 Å². The van der Waals surface area contributed by atoms with Gasteiger partial charge in [-0.15, -0.1) is 0 Å². The van der Waals surface area contributed by atoms with Crippen LogP contribution in [0.25, 0.3) is 0 Å². The van der Waals surface area contributed by atoms with Crippen molar-refractivity contribution in [1.82, 2.24) is 9.88 Å². The molecule has 1 aromatic heterocycles. The van der Waals surface area contributed by atoms with E-state index in [1.54, 1.807) is 41.4 Å². The first-order chi connectivity index (χ1) is 12.6. The Morgan fingerprint density at radius 1 is 1.19 bits per heavy atom. The maximum atomic E-state index is 12.7. The fourth-order valence-corrected chi connectivity index (χ4v) is 3.07. The average molecular weight is 375 g/mol. The summed E-state index contributed by atoms with van der Waals surface area (Å²) in [6, 6.07) is 8.17. The summed E-state index contributed by atoms with van der Waals surface area (Å²) < 4.78 is 10.6. The highest BCUT2D eigenvalue weighted by atomic mass is 35.5. The lowest BCUT2D eigenvalue weighted by atomic mass is 10.1. The van der Waals surface area contributed by atoms with E-state index in [4.69, 9.17) is 16.3 Å². The first-order valence-electron chi connectivity index (χ1n) is 8.32. The average Bonchev–Trinajstić information content (AvgIpc) is 2.69. The molecule has 26 heavy (non-hydrogen) atoms. The van der Waals surface area contributed by atoms with Crippen LogP contribution in [0, 0.1) is 0 Å². The Labute approximate surface area is 156 Å². The standard InChI is InChI=1S/C19H19ClN2O4/c1-25-19(24)14-6-4-13(5-7-14)18(23)22-10-2-3-15(12-22)26-17-8-9-21-11-16(17)20/h4-9,11,15H,2-3,10,12H2,1H3. The molecule has 0 radical (unpaired) electrons. The van der Waals surface area contributed by atoms with Gasteiger partial charge in [-0.25, -0.2) is 4.79 Å². The second-order valence-corrected chi connectivity index (χ2v) is 6.42. The molecule has 0 aliphatic carbocycles. The van der Waals surface area contributed by atoms with E-state index in [2.05, 4.69) is 9.72 Å². The molecule has 6 nitrogen and oxygen atoms in total. The van der Waals surface area contributed by atoms with Crippen molar-refractivity contribution in [2.45, 2.75) is 18.9 Å². The molecule has 2 heterocycles. The predicted octanol–water partition coefficient (Wildman–Crippen LogP) is 3.21. The lowest BCUT2D eigenvalue weighted by Gasteiger charge is -2.33. The Hall–Kier alpha value is -2.60. The third-order valence-electron chi connectivity index (χ3n) is 4.25. The van der Waals surface area contributed by atoms with Crippen molar-refractivity contribution >= 4 is 23.5 Å². The molecule has 2 aromatic rings. The number of hydrogen-bond acceptors (Lipinski definition) is 5. The summed E-state index contributed by atoms with van der Waals surface area (Å²) in [5.74, 6) is 0.0589. The Morgan fingerprint density at radius 2 is 1.92 bits per heavy atom. The Kier molecular flexibility index (Phi) is 5.73. The molecule has 1 aliphatic rings. The highest BCUT2D eigenvalue weighted by Gasteiger charge is 2.26. The number of ether oxygens (including phenoxy) is 2. The van der Waals surface area contributed by atoms with Crippen molar-refractivity contribution in [3.8, 4) is 5.75 Å². The number of benzene rings is 1. The summed E-state index contributed by atoms with van der Waals surface area (Å²) in [4.78, 5) is 29.9. The Morgan fingerprint density at radius 3 is 2.62 bits per heavy atom. The van der Waals surface area contributed by atoms with Gasteiger partial charge in [-0.1, -0.05) is 11.6 Å². The first-order valence-corrected chi connectivity index (χ1v) is 8.70. The van der Waals surface area contributed by atoms with Crippen molar-refractivity contribution in [3.05, 3.63) is 58.9 Å². The number of amides is 1. The van der Waals surface area contributed by atoms with Crippen LogP contribution in [0.2, 0.25) is 5.02 Å². The third-order valence-corrected chi connectivity index (χ3v) is 4.53. The molecule has 1 aromatic carbocycles. The summed E-state index contributed by atoms with van der Waals surface area (Å²) in [7, 11) is 1.32. The van der Waals surface area contributed by atoms with Crippen LogP contribution >= 0.6 is 11.6 Å². The van der Waals surface area contributed by atoms with Crippen LogP contribution in [0.3, 0.4) is 0 Å². The van der Waals surface area contributed by atoms with E-state index in [0.717, 1.165) is 12.8 Å². The minimum absolute atomic E-state index is 0.0875. The second kappa shape index (κ2) is 8.19. The number of rotatable bonds is 4. The number of hydrogen-bond donors (Lipinski definition) is 0. The van der Waals surface area contributed by atoms with Crippen molar-refractivity contribution in [2.75, 3.05) is 20.2 Å². The van der Waals surface area contributed by atoms with Gasteiger partial charge in [0.25, 0.3) is 5.91 Å². The number of methoxy groups -OCH3 is 1. The molecule has 1 aliphatic heterocycles. The third kappa shape index (κ3) is 4.14. The Bertz CT molecular complexity index is 794. The first kappa shape index (κ1) is 18.2. The fourth-order valence-electron chi connectivity index (χ4n) is 2.91. The summed E-state index contributed by atoms with van der Waals surface area (Å²) in [5.41, 5.74) is 0.941. The number of piperidine rings is 1. The Balaban J connectivity index is 1.66. The number of nitrogens with zero attached hydrogens (tertiary/aromatic N) is 2. The molecule has 7 heteroatoms. The maximum absolute atomic E-state index is 12.7. The van der Waals surface area contributed by atoms with Gasteiger partial charge in [-0.2, -0.15) is 0 Å². The number of carbonyl (C=O) groups is 2. The van der Waals surface area contributed by atoms with Gasteiger partial charge in [0.1, 0.15) is 16.9 Å². The van der Waals surface area contributed by atoms with E-state index in [-0.39, 0.29) is 12.0 Å². The number of carbonyl (C=O) groups excluding carboxylic acids is 2. The van der Waals surface area contributed by atoms with E-state index < -0.39 is 5.97 Å². The molecule has 0 saturated carbocycles. The van der Waals surface area contributed by atoms with Gasteiger partial charge in [0, 0.05) is 30.6 Å². The molecule has 136 valence electrons. The van der Waals surface area contributed by atoms with Crippen LogP contribution in [0.15, 0.2) is 42.7 Å². The minimum atomic E-state index is -0.426. The number of aromatic nitrogens is 1. The van der Waals surface area contributed by atoms with E-state index in [1.165, 1.54) is 13.3 Å². The molecule has 0 bridgehead atoms. The predicted molar refractivity (Wildman–Crippen MR) is 96.6 cm³/mol. The molecule has 3 rings (SSSR count). The molecule has 1 unspecified atom stereocenters. The van der Waals surface area contributed by atoms with Gasteiger partial charge in [-0.3, -0.25) is 9.78 Å². The molecule has 0 N–H and O–H groups in total. The topological polar surface area (TPSA) is 68.7 Å². The van der Waals surface area contributed by atoms with Crippen molar-refractivity contribution < 1.29 is 19.1 Å². The largest absolute Gasteiger partial charge is 0.487 e. The maximum Gasteiger partial charge on any atom is 0.337 e. The smallest absolute Gasteiger partial charge is 0.337 e. The lowest BCUT2D eigenvalue weighted by Crippen LogP contribution is -2.44. The van der Waals surface area contributed by atoms with Gasteiger partial charge in [0.15, 0.2) is 0 Å². The zero-order valence-electron chi connectivity index (χ0n) is 14.4. The zero-order chi connectivity index (χ0) is 18.5. The molecule has 1 atom stereocenters. The molecule has 1 saturated heterocycles. The molecular formula is C19H19ClN2O4. The summed E-state index contributed by atoms with van der Waals surface area (Å²) in [6.07, 6.45) is 4.73. The monoisotopic (exact) mass is 374 g/mol. The van der Waals surface area contributed by atoms with Crippen LogP contribution < -0.4 is 4.74 Å². The van der Waals surface area contributed by atoms with E-state index in [9.17, 15) is 9.59 Å². The minimum Gasteiger partial charge on any atom is -0.487 e. The molecule has 1 fully saturated rings. The second-order valence-electron chi connectivity index (χ2n) is 6.01. The number of likely N-dealkylation sites (tertiary alicyclic amines) is 1. The molecular weight excluding hydrogens is 356 g/mol. The van der Waals surface area contributed by atoms with Crippen molar-refractivity contribution in [2.24, 2.45) is 0 Å². The fraction of sp³-hybridized carbons (Fsp3) is 0.316. The normalized spacial score (nSPS) is 16.8. The van der Waals surface area contributed by atoms with Crippen molar-refractivity contribution in [3.63, 3.8) is 0 Å². The lowest BCUT2D eigenvalue weighted by molar-refractivity contribution is 0.0536. The summed E-state index contributed by atoms with van der Waals surface area (Å²) in [6.45, 7) is 1.15. The van der Waals surface area contributed by atoms with E-state index in [1.807, 2.05) is 0 Å². The SMILES string of the molecule is COC(=O)c1ccc(C(=O)N2CCCC(Oc3ccncc3Cl)C2)cc1. The van der Waals surface area contributed by atoms with Crippen LogP contribution in [0.1, 0.15) is 33.6 Å². The quantitative estimate of drug-likeness (QED) is 0.769.